The van der Waals surface area contributed by atoms with Crippen molar-refractivity contribution in [1.82, 2.24) is 5.32 Å². The van der Waals surface area contributed by atoms with Gasteiger partial charge in [-0.2, -0.15) is 0 Å². The van der Waals surface area contributed by atoms with Crippen LogP contribution in [0.3, 0.4) is 0 Å². The minimum absolute atomic E-state index is 0.0585. The molecule has 0 aromatic heterocycles. The summed E-state index contributed by atoms with van der Waals surface area (Å²) in [4.78, 5) is 12.4. The van der Waals surface area contributed by atoms with Crippen molar-refractivity contribution in [2.75, 3.05) is 6.61 Å². The van der Waals surface area contributed by atoms with E-state index in [0.717, 1.165) is 24.3 Å². The molecule has 1 amide bonds. The van der Waals surface area contributed by atoms with Crippen LogP contribution in [0.25, 0.3) is 0 Å². The number of aryl methyl sites for hydroxylation is 1. The second kappa shape index (κ2) is 7.28. The van der Waals surface area contributed by atoms with Gasteiger partial charge in [0.25, 0.3) is 5.91 Å². The molecule has 0 unspecified atom stereocenters. The van der Waals surface area contributed by atoms with Gasteiger partial charge in [-0.05, 0) is 56.2 Å². The average Bonchev–Trinajstić information content (AvgIpc) is 2.47. The zero-order valence-electron chi connectivity index (χ0n) is 12.8. The molecule has 1 aliphatic carbocycles. The summed E-state index contributed by atoms with van der Waals surface area (Å²) in [5.41, 5.74) is 2.34. The zero-order chi connectivity index (χ0) is 15.2. The van der Waals surface area contributed by atoms with Crippen LogP contribution in [0.2, 0.25) is 0 Å². The molecule has 112 valence electrons. The van der Waals surface area contributed by atoms with E-state index in [1.807, 2.05) is 25.1 Å². The van der Waals surface area contributed by atoms with E-state index in [4.69, 9.17) is 5.11 Å². The first-order chi connectivity index (χ1) is 10.1. The third-order valence-electron chi connectivity index (χ3n) is 4.07. The molecule has 1 fully saturated rings. The summed E-state index contributed by atoms with van der Waals surface area (Å²) >= 11 is 0. The Morgan fingerprint density at radius 2 is 2.05 bits per heavy atom. The Bertz CT molecular complexity index is 560. The summed E-state index contributed by atoms with van der Waals surface area (Å²) in [5.74, 6) is 6.20. The van der Waals surface area contributed by atoms with Gasteiger partial charge in [-0.3, -0.25) is 4.79 Å². The van der Waals surface area contributed by atoms with Crippen molar-refractivity contribution >= 4 is 5.91 Å². The minimum Gasteiger partial charge on any atom is -0.384 e. The molecule has 2 N–H and O–H groups in total. The summed E-state index contributed by atoms with van der Waals surface area (Å²) in [6, 6.07) is 5.90. The molecule has 2 rings (SSSR count). The maximum atomic E-state index is 12.4. The largest absolute Gasteiger partial charge is 0.384 e. The number of hydrogen-bond donors (Lipinski definition) is 2. The highest BCUT2D eigenvalue weighted by Gasteiger charge is 2.21. The molecule has 21 heavy (non-hydrogen) atoms. The molecule has 1 aliphatic rings. The van der Waals surface area contributed by atoms with E-state index in [2.05, 4.69) is 24.1 Å². The normalized spacial score (nSPS) is 21.3. The Hall–Kier alpha value is -1.79. The number of aliphatic hydroxyl groups excluding tert-OH is 1. The van der Waals surface area contributed by atoms with Crippen LogP contribution in [0.5, 0.6) is 0 Å². The van der Waals surface area contributed by atoms with Crippen LogP contribution in [0.15, 0.2) is 18.2 Å². The molecule has 0 saturated heterocycles. The second-order valence-corrected chi connectivity index (χ2v) is 5.94. The van der Waals surface area contributed by atoms with Gasteiger partial charge in [0.15, 0.2) is 0 Å². The molecule has 0 aliphatic heterocycles. The minimum atomic E-state index is -0.199. The van der Waals surface area contributed by atoms with E-state index < -0.39 is 0 Å². The Morgan fingerprint density at radius 1 is 1.33 bits per heavy atom. The quantitative estimate of drug-likeness (QED) is 0.821. The van der Waals surface area contributed by atoms with Crippen LogP contribution in [0.4, 0.5) is 0 Å². The lowest BCUT2D eigenvalue weighted by molar-refractivity contribution is 0.0922. The van der Waals surface area contributed by atoms with E-state index in [-0.39, 0.29) is 18.6 Å². The molecule has 0 radical (unpaired) electrons. The number of aliphatic hydroxyl groups is 1. The van der Waals surface area contributed by atoms with E-state index in [1.54, 1.807) is 0 Å². The summed E-state index contributed by atoms with van der Waals surface area (Å²) in [6.07, 6.45) is 4.46. The molecule has 0 spiro atoms. The predicted octanol–water partition coefficient (Wildman–Crippen LogP) is 2.65. The Morgan fingerprint density at radius 3 is 2.71 bits per heavy atom. The third kappa shape index (κ3) is 4.34. The van der Waals surface area contributed by atoms with Crippen molar-refractivity contribution < 1.29 is 9.90 Å². The Labute approximate surface area is 126 Å². The lowest BCUT2D eigenvalue weighted by Gasteiger charge is -2.27. The number of rotatable bonds is 2. The summed E-state index contributed by atoms with van der Waals surface area (Å²) in [5, 5.41) is 12.0. The molecule has 0 bridgehead atoms. The molecule has 3 heteroatoms. The van der Waals surface area contributed by atoms with Crippen LogP contribution < -0.4 is 5.32 Å². The number of carbonyl (C=O) groups excluding carboxylic acids is 1. The van der Waals surface area contributed by atoms with Crippen molar-refractivity contribution in [1.29, 1.82) is 0 Å². The fourth-order valence-electron chi connectivity index (χ4n) is 2.76. The lowest BCUT2D eigenvalue weighted by atomic mass is 9.87. The van der Waals surface area contributed by atoms with Crippen molar-refractivity contribution in [2.24, 2.45) is 5.92 Å². The lowest BCUT2D eigenvalue weighted by Crippen LogP contribution is -2.37. The van der Waals surface area contributed by atoms with Crippen molar-refractivity contribution in [2.45, 2.75) is 45.6 Å². The molecular weight excluding hydrogens is 262 g/mol. The van der Waals surface area contributed by atoms with Gasteiger partial charge in [0.2, 0.25) is 0 Å². The Kier molecular flexibility index (Phi) is 5.41. The van der Waals surface area contributed by atoms with Crippen LogP contribution in [0, 0.1) is 24.7 Å². The van der Waals surface area contributed by atoms with Crippen molar-refractivity contribution in [3.05, 3.63) is 34.9 Å². The SMILES string of the molecule is Cc1ccc(C(=O)NC2CCC(C)CC2)c(C#CCO)c1. The topological polar surface area (TPSA) is 49.3 Å². The number of nitrogens with one attached hydrogen (secondary N) is 1. The van der Waals surface area contributed by atoms with Crippen molar-refractivity contribution in [3.8, 4) is 11.8 Å². The van der Waals surface area contributed by atoms with Gasteiger partial charge in [-0.15, -0.1) is 0 Å². The van der Waals surface area contributed by atoms with E-state index >= 15 is 0 Å². The van der Waals surface area contributed by atoms with Gasteiger partial charge in [-0.25, -0.2) is 0 Å². The zero-order valence-corrected chi connectivity index (χ0v) is 12.8. The van der Waals surface area contributed by atoms with Gasteiger partial charge >= 0.3 is 0 Å². The van der Waals surface area contributed by atoms with Crippen LogP contribution in [-0.4, -0.2) is 23.7 Å². The first-order valence-corrected chi connectivity index (χ1v) is 7.61. The number of benzene rings is 1. The van der Waals surface area contributed by atoms with Crippen molar-refractivity contribution in [3.63, 3.8) is 0 Å². The summed E-state index contributed by atoms with van der Waals surface area (Å²) < 4.78 is 0. The van der Waals surface area contributed by atoms with E-state index in [1.165, 1.54) is 12.8 Å². The predicted molar refractivity (Wildman–Crippen MR) is 84.0 cm³/mol. The maximum Gasteiger partial charge on any atom is 0.252 e. The highest BCUT2D eigenvalue weighted by atomic mass is 16.2. The summed E-state index contributed by atoms with van der Waals surface area (Å²) in [6.45, 7) is 4.03. The van der Waals surface area contributed by atoms with Gasteiger partial charge in [0, 0.05) is 11.6 Å². The summed E-state index contributed by atoms with van der Waals surface area (Å²) in [7, 11) is 0. The highest BCUT2D eigenvalue weighted by molar-refractivity contribution is 5.97. The number of amides is 1. The average molecular weight is 285 g/mol. The second-order valence-electron chi connectivity index (χ2n) is 5.94. The monoisotopic (exact) mass is 285 g/mol. The molecule has 0 heterocycles. The Balaban J connectivity index is 2.11. The maximum absolute atomic E-state index is 12.4. The van der Waals surface area contributed by atoms with Gasteiger partial charge in [0.05, 0.1) is 5.56 Å². The molecule has 1 aromatic carbocycles. The fourth-order valence-corrected chi connectivity index (χ4v) is 2.76. The van der Waals surface area contributed by atoms with Gasteiger partial charge < -0.3 is 10.4 Å². The molecule has 1 aromatic rings. The number of carbonyl (C=O) groups is 1. The van der Waals surface area contributed by atoms with Crippen LogP contribution >= 0.6 is 0 Å². The van der Waals surface area contributed by atoms with Gasteiger partial charge in [0.1, 0.15) is 6.61 Å². The number of hydrogen-bond acceptors (Lipinski definition) is 2. The third-order valence-corrected chi connectivity index (χ3v) is 4.07. The molecular formula is C18H23NO2. The first-order valence-electron chi connectivity index (χ1n) is 7.61. The van der Waals surface area contributed by atoms with E-state index in [0.29, 0.717) is 11.1 Å². The first kappa shape index (κ1) is 15.6. The van der Waals surface area contributed by atoms with Crippen LogP contribution in [0.1, 0.15) is 54.1 Å². The van der Waals surface area contributed by atoms with E-state index in [9.17, 15) is 4.79 Å². The molecule has 1 saturated carbocycles. The fraction of sp³-hybridized carbons (Fsp3) is 0.500. The van der Waals surface area contributed by atoms with Crippen LogP contribution in [-0.2, 0) is 0 Å². The highest BCUT2D eigenvalue weighted by Crippen LogP contribution is 2.24. The van der Waals surface area contributed by atoms with Gasteiger partial charge in [-0.1, -0.05) is 24.8 Å². The smallest absolute Gasteiger partial charge is 0.252 e. The standard InChI is InChI=1S/C18H23NO2/c1-13-5-8-16(9-6-13)19-18(21)17-10-7-14(2)12-15(17)4-3-11-20/h7,10,12-13,16,20H,5-6,8-9,11H2,1-2H3,(H,19,21). The molecule has 3 nitrogen and oxygen atoms in total. The molecule has 0 atom stereocenters.